The van der Waals surface area contributed by atoms with Crippen LogP contribution < -0.4 is 10.6 Å². The fourth-order valence-electron chi connectivity index (χ4n) is 4.49. The lowest BCUT2D eigenvalue weighted by Gasteiger charge is -2.40. The van der Waals surface area contributed by atoms with Crippen molar-refractivity contribution in [1.29, 1.82) is 0 Å². The summed E-state index contributed by atoms with van der Waals surface area (Å²) in [6.45, 7) is 2.66. The van der Waals surface area contributed by atoms with Gasteiger partial charge in [-0.1, -0.05) is 37.5 Å². The number of hydrogen-bond donors (Lipinski definition) is 2. The molecule has 2 fully saturated rings. The van der Waals surface area contributed by atoms with E-state index in [0.29, 0.717) is 6.54 Å². The van der Waals surface area contributed by atoms with E-state index in [0.717, 1.165) is 30.3 Å². The lowest BCUT2D eigenvalue weighted by molar-refractivity contribution is 0.112. The van der Waals surface area contributed by atoms with Crippen molar-refractivity contribution < 1.29 is 4.79 Å². The quantitative estimate of drug-likeness (QED) is 0.834. The van der Waals surface area contributed by atoms with E-state index in [4.69, 9.17) is 0 Å². The van der Waals surface area contributed by atoms with Gasteiger partial charge >= 0.3 is 6.03 Å². The number of likely N-dealkylation sites (tertiary alicyclic amines) is 1. The number of benzene rings is 1. The highest BCUT2D eigenvalue weighted by Gasteiger charge is 2.27. The molecule has 0 spiro atoms. The van der Waals surface area contributed by atoms with Crippen LogP contribution in [0.2, 0.25) is 0 Å². The van der Waals surface area contributed by atoms with Crippen LogP contribution in [-0.2, 0) is 6.54 Å². The first kappa shape index (κ1) is 19.0. The molecular weight excluding hydrogens is 350 g/mol. The van der Waals surface area contributed by atoms with Gasteiger partial charge in [-0.15, -0.1) is 0 Å². The van der Waals surface area contributed by atoms with Gasteiger partial charge in [-0.3, -0.25) is 4.90 Å². The van der Waals surface area contributed by atoms with Crippen molar-refractivity contribution in [3.63, 3.8) is 0 Å². The highest BCUT2D eigenvalue weighted by atomic mass is 16.2. The van der Waals surface area contributed by atoms with Crippen LogP contribution in [0.3, 0.4) is 0 Å². The fourth-order valence-corrected chi connectivity index (χ4v) is 4.49. The molecule has 2 amide bonds. The highest BCUT2D eigenvalue weighted by Crippen LogP contribution is 2.25. The van der Waals surface area contributed by atoms with E-state index in [-0.39, 0.29) is 12.1 Å². The van der Waals surface area contributed by atoms with Crippen LogP contribution in [0, 0.1) is 0 Å². The summed E-state index contributed by atoms with van der Waals surface area (Å²) in [5.41, 5.74) is 2.01. The number of rotatable bonds is 5. The Balaban J connectivity index is 1.24. The van der Waals surface area contributed by atoms with Gasteiger partial charge in [0.2, 0.25) is 0 Å². The zero-order valence-electron chi connectivity index (χ0n) is 16.5. The van der Waals surface area contributed by atoms with Gasteiger partial charge in [0.25, 0.3) is 0 Å². The molecule has 2 heterocycles. The molecule has 150 valence electrons. The molecule has 1 atom stereocenters. The van der Waals surface area contributed by atoms with Gasteiger partial charge in [0, 0.05) is 36.9 Å². The Labute approximate surface area is 167 Å². The molecule has 28 heavy (non-hydrogen) atoms. The first-order valence-corrected chi connectivity index (χ1v) is 10.7. The topological polar surface area (TPSA) is 62.2 Å². The average Bonchev–Trinajstić information content (AvgIpc) is 3.23. The number of hydrogen-bond acceptors (Lipinski definition) is 3. The van der Waals surface area contributed by atoms with Crippen molar-refractivity contribution >= 4 is 6.03 Å². The third-order valence-corrected chi connectivity index (χ3v) is 5.99. The molecule has 6 nitrogen and oxygen atoms in total. The summed E-state index contributed by atoms with van der Waals surface area (Å²) in [7, 11) is 0. The number of para-hydroxylation sites is 1. The molecular formula is C22H31N5O. The monoisotopic (exact) mass is 381 g/mol. The van der Waals surface area contributed by atoms with Crippen LogP contribution in [0.4, 0.5) is 4.79 Å². The van der Waals surface area contributed by atoms with Crippen molar-refractivity contribution in [2.75, 3.05) is 13.1 Å². The molecule has 1 saturated heterocycles. The van der Waals surface area contributed by atoms with Crippen molar-refractivity contribution in [3.05, 3.63) is 48.3 Å². The Morgan fingerprint density at radius 1 is 1.07 bits per heavy atom. The van der Waals surface area contributed by atoms with Crippen molar-refractivity contribution in [1.82, 2.24) is 25.3 Å². The van der Waals surface area contributed by atoms with Crippen LogP contribution >= 0.6 is 0 Å². The first-order valence-electron chi connectivity index (χ1n) is 10.7. The molecule has 1 unspecified atom stereocenters. The van der Waals surface area contributed by atoms with Crippen molar-refractivity contribution in [2.45, 2.75) is 63.6 Å². The molecule has 2 N–H and O–H groups in total. The standard InChI is InChI=1S/C22H31N5O/c28-22(23-14-18-15-24-27(16-18)21-11-5-2-6-12-21)25-19-8-7-13-26(17-19)20-9-3-1-4-10-20/h2,5-6,11-12,15-16,19-20H,1,3-4,7-10,13-14,17H2,(H2,23,25,28). The summed E-state index contributed by atoms with van der Waals surface area (Å²) in [6.07, 6.45) is 12.8. The van der Waals surface area contributed by atoms with Crippen LogP contribution in [0.5, 0.6) is 0 Å². The molecule has 1 aromatic heterocycles. The van der Waals surface area contributed by atoms with Crippen molar-refractivity contribution in [2.24, 2.45) is 0 Å². The predicted molar refractivity (Wildman–Crippen MR) is 110 cm³/mol. The summed E-state index contributed by atoms with van der Waals surface area (Å²) in [5.74, 6) is 0. The third-order valence-electron chi connectivity index (χ3n) is 5.99. The van der Waals surface area contributed by atoms with Gasteiger partial charge in [0.15, 0.2) is 0 Å². The Morgan fingerprint density at radius 2 is 1.89 bits per heavy atom. The Bertz CT molecular complexity index is 753. The number of amides is 2. The summed E-state index contributed by atoms with van der Waals surface area (Å²) < 4.78 is 1.83. The average molecular weight is 382 g/mol. The minimum Gasteiger partial charge on any atom is -0.334 e. The third kappa shape index (κ3) is 4.93. The number of aromatic nitrogens is 2. The van der Waals surface area contributed by atoms with Crippen molar-refractivity contribution in [3.8, 4) is 5.69 Å². The molecule has 1 aliphatic heterocycles. The van der Waals surface area contributed by atoms with E-state index in [1.807, 2.05) is 41.2 Å². The van der Waals surface area contributed by atoms with Crippen LogP contribution in [0.1, 0.15) is 50.5 Å². The number of piperidine rings is 1. The lowest BCUT2D eigenvalue weighted by Crippen LogP contribution is -2.53. The van der Waals surface area contributed by atoms with Gasteiger partial charge < -0.3 is 10.6 Å². The van der Waals surface area contributed by atoms with Gasteiger partial charge in [0.05, 0.1) is 11.9 Å². The molecule has 6 heteroatoms. The second kappa shape index (κ2) is 9.24. The number of urea groups is 1. The second-order valence-corrected chi connectivity index (χ2v) is 8.08. The smallest absolute Gasteiger partial charge is 0.315 e. The summed E-state index contributed by atoms with van der Waals surface area (Å²) in [6, 6.07) is 10.9. The lowest BCUT2D eigenvalue weighted by atomic mass is 9.92. The van der Waals surface area contributed by atoms with E-state index in [1.165, 1.54) is 45.1 Å². The number of carbonyl (C=O) groups excluding carboxylic acids is 1. The molecule has 1 saturated carbocycles. The summed E-state index contributed by atoms with van der Waals surface area (Å²) in [5, 5.41) is 10.5. The molecule has 1 aliphatic carbocycles. The highest BCUT2D eigenvalue weighted by molar-refractivity contribution is 5.74. The summed E-state index contributed by atoms with van der Waals surface area (Å²) >= 11 is 0. The second-order valence-electron chi connectivity index (χ2n) is 8.08. The van der Waals surface area contributed by atoms with Gasteiger partial charge in [-0.2, -0.15) is 5.10 Å². The SMILES string of the molecule is O=C(NCc1cnn(-c2ccccc2)c1)NC1CCCN(C2CCCCC2)C1. The zero-order valence-corrected chi connectivity index (χ0v) is 16.5. The van der Waals surface area contributed by atoms with E-state index in [1.54, 1.807) is 6.20 Å². The molecule has 2 aromatic rings. The zero-order chi connectivity index (χ0) is 19.2. The van der Waals surface area contributed by atoms with E-state index in [9.17, 15) is 4.79 Å². The molecule has 0 bridgehead atoms. The van der Waals surface area contributed by atoms with Gasteiger partial charge in [-0.25, -0.2) is 9.48 Å². The summed E-state index contributed by atoms with van der Waals surface area (Å²) in [4.78, 5) is 15.0. The predicted octanol–water partition coefficient (Wildman–Crippen LogP) is 3.47. The van der Waals surface area contributed by atoms with Gasteiger partial charge in [0.1, 0.15) is 0 Å². The molecule has 0 radical (unpaired) electrons. The maximum absolute atomic E-state index is 12.4. The van der Waals surface area contributed by atoms with Gasteiger partial charge in [-0.05, 0) is 44.4 Å². The first-order chi connectivity index (χ1) is 13.8. The number of nitrogens with zero attached hydrogens (tertiary/aromatic N) is 3. The molecule has 4 rings (SSSR count). The maximum Gasteiger partial charge on any atom is 0.315 e. The maximum atomic E-state index is 12.4. The number of nitrogens with one attached hydrogen (secondary N) is 2. The van der Waals surface area contributed by atoms with E-state index < -0.39 is 0 Å². The van der Waals surface area contributed by atoms with Crippen LogP contribution in [-0.4, -0.2) is 45.9 Å². The number of carbonyl (C=O) groups is 1. The minimum atomic E-state index is -0.0806. The van der Waals surface area contributed by atoms with E-state index >= 15 is 0 Å². The van der Waals surface area contributed by atoms with Crippen LogP contribution in [0.15, 0.2) is 42.7 Å². The molecule has 1 aromatic carbocycles. The Kier molecular flexibility index (Phi) is 6.27. The Hall–Kier alpha value is -2.34. The van der Waals surface area contributed by atoms with E-state index in [2.05, 4.69) is 20.6 Å². The normalized spacial score (nSPS) is 21.4. The minimum absolute atomic E-state index is 0.0806. The largest absolute Gasteiger partial charge is 0.334 e. The Morgan fingerprint density at radius 3 is 2.71 bits per heavy atom. The fraction of sp³-hybridized carbons (Fsp3) is 0.545. The van der Waals surface area contributed by atoms with Crippen LogP contribution in [0.25, 0.3) is 5.69 Å². The molecule has 2 aliphatic rings.